The molecule has 1 aromatic heterocycles. The quantitative estimate of drug-likeness (QED) is 0.788. The summed E-state index contributed by atoms with van der Waals surface area (Å²) >= 11 is 0. The summed E-state index contributed by atoms with van der Waals surface area (Å²) in [6.45, 7) is 2.45. The van der Waals surface area contributed by atoms with Gasteiger partial charge in [0.05, 0.1) is 23.9 Å². The molecule has 8 heteroatoms. The highest BCUT2D eigenvalue weighted by molar-refractivity contribution is 6.02. The molecule has 0 bridgehead atoms. The minimum absolute atomic E-state index is 0.0747. The number of carbonyl (C=O) groups is 3. The van der Waals surface area contributed by atoms with Crippen LogP contribution in [0.1, 0.15) is 22.7 Å². The molecule has 30 heavy (non-hydrogen) atoms. The second-order valence-electron chi connectivity index (χ2n) is 7.52. The zero-order valence-electron chi connectivity index (χ0n) is 16.9. The minimum Gasteiger partial charge on any atom is -0.350 e. The van der Waals surface area contributed by atoms with Crippen LogP contribution in [0.15, 0.2) is 60.1 Å². The van der Waals surface area contributed by atoms with Crippen molar-refractivity contribution in [2.75, 3.05) is 20.1 Å². The predicted molar refractivity (Wildman–Crippen MR) is 110 cm³/mol. The van der Waals surface area contributed by atoms with Crippen molar-refractivity contribution >= 4 is 17.8 Å². The van der Waals surface area contributed by atoms with Gasteiger partial charge in [-0.25, -0.2) is 4.79 Å². The van der Waals surface area contributed by atoms with Crippen molar-refractivity contribution in [3.8, 4) is 0 Å². The Morgan fingerprint density at radius 3 is 2.83 bits per heavy atom. The van der Waals surface area contributed by atoms with Gasteiger partial charge in [-0.2, -0.15) is 0 Å². The van der Waals surface area contributed by atoms with E-state index in [1.807, 2.05) is 37.3 Å². The summed E-state index contributed by atoms with van der Waals surface area (Å²) in [4.78, 5) is 45.0. The van der Waals surface area contributed by atoms with Gasteiger partial charge in [0, 0.05) is 26.0 Å². The zero-order valence-corrected chi connectivity index (χ0v) is 16.9. The number of carbonyl (C=O) groups excluding carboxylic acids is 3. The SMILES string of the molecule is Cc1cccc(C2NC(=O)N(C)C3=C2C(=O)N(CC(=O)NCc2cccnc2)C3)c1. The van der Waals surface area contributed by atoms with Crippen LogP contribution >= 0.6 is 0 Å². The maximum absolute atomic E-state index is 13.2. The first-order valence-corrected chi connectivity index (χ1v) is 9.72. The summed E-state index contributed by atoms with van der Waals surface area (Å²) in [5.41, 5.74) is 3.92. The molecule has 0 fully saturated rings. The lowest BCUT2D eigenvalue weighted by atomic mass is 9.95. The van der Waals surface area contributed by atoms with E-state index in [1.165, 1.54) is 9.80 Å². The Bertz CT molecular complexity index is 1030. The van der Waals surface area contributed by atoms with Crippen LogP contribution in [0.25, 0.3) is 0 Å². The van der Waals surface area contributed by atoms with Gasteiger partial charge in [-0.3, -0.25) is 19.5 Å². The summed E-state index contributed by atoms with van der Waals surface area (Å²) in [7, 11) is 1.64. The summed E-state index contributed by atoms with van der Waals surface area (Å²) < 4.78 is 0. The maximum atomic E-state index is 13.2. The number of aryl methyl sites for hydroxylation is 1. The number of benzene rings is 1. The number of amides is 4. The second-order valence-corrected chi connectivity index (χ2v) is 7.52. The highest BCUT2D eigenvalue weighted by Crippen LogP contribution is 2.35. The van der Waals surface area contributed by atoms with Gasteiger partial charge < -0.3 is 15.5 Å². The standard InChI is InChI=1S/C22H23N5O3/c1-14-5-3-7-16(9-14)20-19-17(26(2)22(30)25-20)12-27(21(19)29)13-18(28)24-11-15-6-4-8-23-10-15/h3-10,20H,11-13H2,1-2H3,(H,24,28)(H,25,30). The van der Waals surface area contributed by atoms with E-state index in [0.717, 1.165) is 16.7 Å². The molecule has 2 N–H and O–H groups in total. The van der Waals surface area contributed by atoms with Gasteiger partial charge in [0.15, 0.2) is 0 Å². The van der Waals surface area contributed by atoms with Crippen LogP contribution in [0, 0.1) is 6.92 Å². The molecule has 154 valence electrons. The Hall–Kier alpha value is -3.68. The number of urea groups is 1. The molecule has 4 amide bonds. The van der Waals surface area contributed by atoms with Crippen LogP contribution in [0.4, 0.5) is 4.79 Å². The minimum atomic E-state index is -0.528. The van der Waals surface area contributed by atoms with E-state index < -0.39 is 6.04 Å². The largest absolute Gasteiger partial charge is 0.350 e. The van der Waals surface area contributed by atoms with E-state index >= 15 is 0 Å². The third kappa shape index (κ3) is 3.76. The van der Waals surface area contributed by atoms with Crippen molar-refractivity contribution in [1.82, 2.24) is 25.4 Å². The van der Waals surface area contributed by atoms with Gasteiger partial charge in [0.2, 0.25) is 5.91 Å². The molecular formula is C22H23N5O3. The third-order valence-electron chi connectivity index (χ3n) is 5.36. The van der Waals surface area contributed by atoms with E-state index in [4.69, 9.17) is 0 Å². The third-order valence-corrected chi connectivity index (χ3v) is 5.36. The van der Waals surface area contributed by atoms with Crippen LogP contribution in [-0.4, -0.2) is 52.8 Å². The van der Waals surface area contributed by atoms with E-state index in [1.54, 1.807) is 25.5 Å². The van der Waals surface area contributed by atoms with Crippen molar-refractivity contribution in [3.05, 3.63) is 76.8 Å². The molecule has 1 aromatic carbocycles. The molecule has 4 rings (SSSR count). The molecule has 8 nitrogen and oxygen atoms in total. The molecule has 0 spiro atoms. The zero-order chi connectivity index (χ0) is 21.3. The van der Waals surface area contributed by atoms with Crippen molar-refractivity contribution in [2.45, 2.75) is 19.5 Å². The molecule has 3 heterocycles. The Morgan fingerprint density at radius 1 is 1.27 bits per heavy atom. The maximum Gasteiger partial charge on any atom is 0.322 e. The lowest BCUT2D eigenvalue weighted by molar-refractivity contribution is -0.132. The molecule has 2 aliphatic rings. The Kier molecular flexibility index (Phi) is 5.22. The lowest BCUT2D eigenvalue weighted by Crippen LogP contribution is -2.45. The Morgan fingerprint density at radius 2 is 2.10 bits per heavy atom. The first-order valence-electron chi connectivity index (χ1n) is 9.72. The molecule has 0 radical (unpaired) electrons. The van der Waals surface area contributed by atoms with Crippen LogP contribution in [0.3, 0.4) is 0 Å². The number of nitrogens with zero attached hydrogens (tertiary/aromatic N) is 3. The van der Waals surface area contributed by atoms with Crippen LogP contribution in [0.2, 0.25) is 0 Å². The summed E-state index contributed by atoms with van der Waals surface area (Å²) in [5.74, 6) is -0.499. The van der Waals surface area contributed by atoms with Crippen molar-refractivity contribution in [3.63, 3.8) is 0 Å². The average Bonchev–Trinajstić information content (AvgIpc) is 3.06. The highest BCUT2D eigenvalue weighted by atomic mass is 16.2. The number of hydrogen-bond acceptors (Lipinski definition) is 4. The van der Waals surface area contributed by atoms with Gasteiger partial charge in [-0.05, 0) is 24.1 Å². The van der Waals surface area contributed by atoms with Gasteiger partial charge in [-0.1, -0.05) is 35.9 Å². The Labute approximate surface area is 174 Å². The number of pyridine rings is 1. The van der Waals surface area contributed by atoms with E-state index in [0.29, 0.717) is 17.8 Å². The van der Waals surface area contributed by atoms with Gasteiger partial charge >= 0.3 is 6.03 Å². The number of likely N-dealkylation sites (N-methyl/N-ethyl adjacent to an activating group) is 1. The molecule has 1 unspecified atom stereocenters. The van der Waals surface area contributed by atoms with Crippen molar-refractivity contribution in [2.24, 2.45) is 0 Å². The molecule has 0 saturated carbocycles. The van der Waals surface area contributed by atoms with Gasteiger partial charge in [0.25, 0.3) is 5.91 Å². The fourth-order valence-electron chi connectivity index (χ4n) is 3.78. The monoisotopic (exact) mass is 405 g/mol. The Balaban J connectivity index is 1.50. The number of aromatic nitrogens is 1. The molecule has 0 aliphatic carbocycles. The van der Waals surface area contributed by atoms with Crippen LogP contribution in [0.5, 0.6) is 0 Å². The second kappa shape index (κ2) is 7.98. The molecular weight excluding hydrogens is 382 g/mol. The molecule has 1 atom stereocenters. The summed E-state index contributed by atoms with van der Waals surface area (Å²) in [5, 5.41) is 5.72. The highest BCUT2D eigenvalue weighted by Gasteiger charge is 2.43. The normalized spacial score (nSPS) is 18.4. The van der Waals surface area contributed by atoms with Gasteiger partial charge in [0.1, 0.15) is 6.54 Å². The topological polar surface area (TPSA) is 94.6 Å². The predicted octanol–water partition coefficient (Wildman–Crippen LogP) is 1.50. The van der Waals surface area contributed by atoms with Crippen molar-refractivity contribution < 1.29 is 14.4 Å². The number of rotatable bonds is 5. The number of hydrogen-bond donors (Lipinski definition) is 2. The molecule has 2 aliphatic heterocycles. The van der Waals surface area contributed by atoms with Crippen LogP contribution in [-0.2, 0) is 16.1 Å². The molecule has 0 saturated heterocycles. The van der Waals surface area contributed by atoms with Gasteiger partial charge in [-0.15, -0.1) is 0 Å². The first-order chi connectivity index (χ1) is 14.4. The number of nitrogens with one attached hydrogen (secondary N) is 2. The fraction of sp³-hybridized carbons (Fsp3) is 0.273. The lowest BCUT2D eigenvalue weighted by Gasteiger charge is -2.31. The average molecular weight is 405 g/mol. The molecule has 2 aromatic rings. The van der Waals surface area contributed by atoms with E-state index in [-0.39, 0.29) is 30.9 Å². The summed E-state index contributed by atoms with van der Waals surface area (Å²) in [6, 6.07) is 10.6. The smallest absolute Gasteiger partial charge is 0.322 e. The fourth-order valence-corrected chi connectivity index (χ4v) is 3.78. The van der Waals surface area contributed by atoms with E-state index in [2.05, 4.69) is 15.6 Å². The van der Waals surface area contributed by atoms with E-state index in [9.17, 15) is 14.4 Å². The summed E-state index contributed by atoms with van der Waals surface area (Å²) in [6.07, 6.45) is 3.35. The van der Waals surface area contributed by atoms with Crippen molar-refractivity contribution in [1.29, 1.82) is 0 Å². The van der Waals surface area contributed by atoms with Crippen LogP contribution < -0.4 is 10.6 Å². The first kappa shape index (κ1) is 19.6.